The van der Waals surface area contributed by atoms with Crippen LogP contribution in [0.3, 0.4) is 0 Å². The fraction of sp³-hybridized carbons (Fsp3) is 0. The number of rotatable bonds is 3. The molecule has 24 heavy (non-hydrogen) atoms. The van der Waals surface area contributed by atoms with Crippen LogP contribution < -0.4 is 0 Å². The summed E-state index contributed by atoms with van der Waals surface area (Å²) in [4.78, 5) is 17.8. The molecule has 0 bridgehead atoms. The Kier molecular flexibility index (Phi) is 3.70. The van der Waals surface area contributed by atoms with Crippen molar-refractivity contribution in [3.8, 4) is 34.3 Å². The molecule has 3 rings (SSSR count). The number of nitro benzene ring substituents is 1. The van der Waals surface area contributed by atoms with E-state index in [2.05, 4.69) is 20.2 Å². The van der Waals surface area contributed by atoms with Gasteiger partial charge >= 0.3 is 5.69 Å². The number of aromatic nitrogens is 4. The largest absolute Gasteiger partial charge is 0.504 e. The normalized spacial score (nSPS) is 10.5. The number of aromatic hydroxyl groups is 2. The molecule has 0 aliphatic rings. The third-order valence-corrected chi connectivity index (χ3v) is 3.07. The highest BCUT2D eigenvalue weighted by Gasteiger charge is 2.20. The Morgan fingerprint density at radius 2 is 1.92 bits per heavy atom. The van der Waals surface area contributed by atoms with Gasteiger partial charge in [-0.05, 0) is 18.2 Å². The van der Waals surface area contributed by atoms with E-state index in [1.807, 2.05) is 0 Å². The second-order valence-corrected chi connectivity index (χ2v) is 4.63. The van der Waals surface area contributed by atoms with E-state index in [0.29, 0.717) is 0 Å². The third kappa shape index (κ3) is 2.79. The minimum absolute atomic E-state index is 0.00205. The van der Waals surface area contributed by atoms with Crippen molar-refractivity contribution in [3.05, 3.63) is 52.6 Å². The monoisotopic (exact) mass is 329 g/mol. The number of pyridine rings is 1. The van der Waals surface area contributed by atoms with Gasteiger partial charge < -0.3 is 10.2 Å². The number of hydrogen-bond acceptors (Lipinski definition) is 8. The van der Waals surface area contributed by atoms with Crippen LogP contribution >= 0.6 is 0 Å². The number of nitro groups is 1. The topological polar surface area (TPSA) is 135 Å². The van der Waals surface area contributed by atoms with Crippen LogP contribution in [0.5, 0.6) is 11.5 Å². The smallest absolute Gasteiger partial charge is 0.315 e. The van der Waals surface area contributed by atoms with Crippen LogP contribution in [0.1, 0.15) is 0 Å². The number of phenolic OH excluding ortho intramolecular Hbond substituents is 2. The summed E-state index contributed by atoms with van der Waals surface area (Å²) in [6.07, 6.45) is 1.21. The lowest BCUT2D eigenvalue weighted by Crippen LogP contribution is -1.98. The first kappa shape index (κ1) is 15.2. The Labute approximate surface area is 133 Å². The lowest BCUT2D eigenvalue weighted by Gasteiger charge is -2.05. The highest BCUT2D eigenvalue weighted by Crippen LogP contribution is 2.38. The van der Waals surface area contributed by atoms with Crippen molar-refractivity contribution >= 4 is 5.69 Å². The van der Waals surface area contributed by atoms with Gasteiger partial charge in [-0.25, -0.2) is 9.97 Å². The third-order valence-electron chi connectivity index (χ3n) is 3.07. The van der Waals surface area contributed by atoms with Gasteiger partial charge in [-0.3, -0.25) is 10.1 Å². The number of benzene rings is 1. The Morgan fingerprint density at radius 3 is 2.62 bits per heavy atom. The van der Waals surface area contributed by atoms with Crippen LogP contribution in [0.15, 0.2) is 36.5 Å². The van der Waals surface area contributed by atoms with E-state index in [1.54, 1.807) is 0 Å². The lowest BCUT2D eigenvalue weighted by molar-refractivity contribution is -0.385. The van der Waals surface area contributed by atoms with Crippen LogP contribution in [0.2, 0.25) is 0 Å². The van der Waals surface area contributed by atoms with Gasteiger partial charge in [0.05, 0.1) is 16.8 Å². The molecule has 0 saturated heterocycles. The summed E-state index contributed by atoms with van der Waals surface area (Å²) in [6.45, 7) is 0. The summed E-state index contributed by atoms with van der Waals surface area (Å²) in [7, 11) is 0. The molecule has 0 aliphatic carbocycles. The van der Waals surface area contributed by atoms with Crippen LogP contribution in [0, 0.1) is 16.1 Å². The van der Waals surface area contributed by atoms with Crippen molar-refractivity contribution in [2.24, 2.45) is 0 Å². The molecule has 10 heteroatoms. The summed E-state index contributed by atoms with van der Waals surface area (Å²) >= 11 is 0. The second kappa shape index (κ2) is 5.83. The standard InChI is InChI=1S/C14H8FN5O4/c15-12-3-1-2-8(17-12)14-18-9(6-16-19-14)7-4-10(20(23)24)13(22)11(21)5-7/h1-6,21-22H. The number of halogens is 1. The molecular weight excluding hydrogens is 321 g/mol. The molecule has 3 aromatic rings. The fourth-order valence-electron chi connectivity index (χ4n) is 1.98. The zero-order valence-electron chi connectivity index (χ0n) is 11.8. The lowest BCUT2D eigenvalue weighted by atomic mass is 10.1. The van der Waals surface area contributed by atoms with E-state index in [1.165, 1.54) is 18.3 Å². The average molecular weight is 329 g/mol. The maximum absolute atomic E-state index is 13.2. The van der Waals surface area contributed by atoms with Crippen LogP contribution in [-0.2, 0) is 0 Å². The molecule has 2 heterocycles. The van der Waals surface area contributed by atoms with Crippen LogP contribution in [0.4, 0.5) is 10.1 Å². The summed E-state index contributed by atoms with van der Waals surface area (Å²) in [5, 5.41) is 37.5. The van der Waals surface area contributed by atoms with Gasteiger partial charge in [0.1, 0.15) is 5.69 Å². The van der Waals surface area contributed by atoms with E-state index < -0.39 is 28.1 Å². The van der Waals surface area contributed by atoms with E-state index >= 15 is 0 Å². The maximum Gasteiger partial charge on any atom is 0.315 e. The van der Waals surface area contributed by atoms with E-state index in [9.17, 15) is 24.7 Å². The molecule has 0 atom stereocenters. The van der Waals surface area contributed by atoms with Crippen molar-refractivity contribution < 1.29 is 19.5 Å². The SMILES string of the molecule is O=[N+]([O-])c1cc(-c2cnnc(-c3cccc(F)n3)n2)cc(O)c1O. The molecule has 0 unspecified atom stereocenters. The molecule has 120 valence electrons. The molecule has 1 aromatic carbocycles. The molecule has 0 saturated carbocycles. The van der Waals surface area contributed by atoms with Gasteiger partial charge in [-0.15, -0.1) is 5.10 Å². The Hall–Kier alpha value is -3.69. The number of nitrogens with zero attached hydrogens (tertiary/aromatic N) is 5. The zero-order chi connectivity index (χ0) is 17.3. The molecular formula is C14H8FN5O4. The molecule has 0 spiro atoms. The highest BCUT2D eigenvalue weighted by molar-refractivity contribution is 5.70. The Morgan fingerprint density at radius 1 is 1.12 bits per heavy atom. The summed E-state index contributed by atoms with van der Waals surface area (Å²) in [6, 6.07) is 6.17. The molecule has 0 amide bonds. The molecule has 2 aromatic heterocycles. The van der Waals surface area contributed by atoms with Gasteiger partial charge in [0, 0.05) is 11.6 Å². The molecule has 0 radical (unpaired) electrons. The van der Waals surface area contributed by atoms with Gasteiger partial charge in [-0.1, -0.05) is 6.07 Å². The van der Waals surface area contributed by atoms with E-state index in [0.717, 1.165) is 18.2 Å². The first-order valence-electron chi connectivity index (χ1n) is 6.49. The van der Waals surface area contributed by atoms with Gasteiger partial charge in [0.25, 0.3) is 0 Å². The number of phenols is 2. The quantitative estimate of drug-likeness (QED) is 0.322. The maximum atomic E-state index is 13.2. The first-order valence-corrected chi connectivity index (χ1v) is 6.49. The molecule has 2 N–H and O–H groups in total. The predicted octanol–water partition coefficient (Wildman–Crippen LogP) is 2.06. The van der Waals surface area contributed by atoms with Crippen LogP contribution in [-0.4, -0.2) is 35.3 Å². The van der Waals surface area contributed by atoms with Crippen LogP contribution in [0.25, 0.3) is 22.8 Å². The van der Waals surface area contributed by atoms with E-state index in [-0.39, 0.29) is 22.8 Å². The zero-order valence-corrected chi connectivity index (χ0v) is 11.8. The molecule has 0 fully saturated rings. The van der Waals surface area contributed by atoms with Crippen molar-refractivity contribution in [2.45, 2.75) is 0 Å². The predicted molar refractivity (Wildman–Crippen MR) is 78.4 cm³/mol. The average Bonchev–Trinajstić information content (AvgIpc) is 2.57. The fourth-order valence-corrected chi connectivity index (χ4v) is 1.98. The minimum atomic E-state index is -0.849. The van der Waals surface area contributed by atoms with E-state index in [4.69, 9.17) is 0 Å². The summed E-state index contributed by atoms with van der Waals surface area (Å²) in [5.41, 5.74) is -0.301. The van der Waals surface area contributed by atoms with Crippen molar-refractivity contribution in [2.75, 3.05) is 0 Å². The number of hydrogen-bond donors (Lipinski definition) is 2. The Balaban J connectivity index is 2.11. The summed E-state index contributed by atoms with van der Waals surface area (Å²) in [5.74, 6) is -2.25. The van der Waals surface area contributed by atoms with Crippen molar-refractivity contribution in [1.82, 2.24) is 20.2 Å². The highest BCUT2D eigenvalue weighted by atomic mass is 19.1. The minimum Gasteiger partial charge on any atom is -0.504 e. The van der Waals surface area contributed by atoms with Crippen molar-refractivity contribution in [1.29, 1.82) is 0 Å². The van der Waals surface area contributed by atoms with Gasteiger partial charge in [0.2, 0.25) is 17.5 Å². The Bertz CT molecular complexity index is 950. The molecule has 0 aliphatic heterocycles. The van der Waals surface area contributed by atoms with Gasteiger partial charge in [-0.2, -0.15) is 9.49 Å². The molecule has 9 nitrogen and oxygen atoms in total. The second-order valence-electron chi connectivity index (χ2n) is 4.63. The first-order chi connectivity index (χ1) is 11.5. The van der Waals surface area contributed by atoms with Gasteiger partial charge in [0.15, 0.2) is 5.75 Å². The van der Waals surface area contributed by atoms with Crippen molar-refractivity contribution in [3.63, 3.8) is 0 Å². The summed E-state index contributed by atoms with van der Waals surface area (Å²) < 4.78 is 13.2.